The number of hydrogen-bond donors (Lipinski definition) is 2. The van der Waals surface area contributed by atoms with Gasteiger partial charge in [0.25, 0.3) is 5.91 Å². The molecule has 0 atom stereocenters. The Hall–Kier alpha value is -2.90. The molecular weight excluding hydrogens is 398 g/mol. The number of sulfonamides is 1. The van der Waals surface area contributed by atoms with Gasteiger partial charge in [0, 0.05) is 31.6 Å². The van der Waals surface area contributed by atoms with Crippen LogP contribution in [0.1, 0.15) is 28.8 Å². The number of piperidine rings is 1. The van der Waals surface area contributed by atoms with E-state index in [0.717, 1.165) is 22.0 Å². The Morgan fingerprint density at radius 1 is 0.900 bits per heavy atom. The number of fused-ring (bicyclic) bond motifs is 2. The summed E-state index contributed by atoms with van der Waals surface area (Å²) in [6.45, 7) is 2.63. The third kappa shape index (κ3) is 3.14. The fourth-order valence-electron chi connectivity index (χ4n) is 4.36. The van der Waals surface area contributed by atoms with Crippen molar-refractivity contribution >= 4 is 32.4 Å². The summed E-state index contributed by atoms with van der Waals surface area (Å²) in [5.74, 6) is -0.113. The first-order valence-corrected chi connectivity index (χ1v) is 11.5. The average Bonchev–Trinajstić information content (AvgIpc) is 2.74. The lowest BCUT2D eigenvalue weighted by Crippen LogP contribution is -2.62. The Kier molecular flexibility index (Phi) is 4.34. The van der Waals surface area contributed by atoms with Crippen molar-refractivity contribution < 1.29 is 13.2 Å². The smallest absolute Gasteiger partial charge is 0.255 e. The first-order chi connectivity index (χ1) is 14.4. The number of nitrogens with one attached hydrogen (secondary N) is 2. The molecule has 3 aromatic carbocycles. The van der Waals surface area contributed by atoms with E-state index in [1.54, 1.807) is 12.1 Å². The second-order valence-electron chi connectivity index (χ2n) is 8.12. The van der Waals surface area contributed by atoms with Crippen LogP contribution in [0, 0.1) is 6.92 Å². The predicted molar refractivity (Wildman–Crippen MR) is 117 cm³/mol. The van der Waals surface area contributed by atoms with Crippen LogP contribution < -0.4 is 10.6 Å². The van der Waals surface area contributed by atoms with Crippen LogP contribution in [0.25, 0.3) is 10.8 Å². The molecule has 0 aromatic heterocycles. The molecule has 154 valence electrons. The number of anilines is 1. The highest BCUT2D eigenvalue weighted by Gasteiger charge is 2.42. The van der Waals surface area contributed by atoms with Gasteiger partial charge in [-0.05, 0) is 42.0 Å². The maximum atomic E-state index is 13.2. The van der Waals surface area contributed by atoms with E-state index in [1.807, 2.05) is 55.5 Å². The highest BCUT2D eigenvalue weighted by atomic mass is 32.2. The van der Waals surface area contributed by atoms with Crippen LogP contribution in [0.2, 0.25) is 0 Å². The molecule has 1 saturated heterocycles. The molecular formula is C23H23N3O3S. The van der Waals surface area contributed by atoms with E-state index in [2.05, 4.69) is 10.6 Å². The van der Waals surface area contributed by atoms with Crippen LogP contribution >= 0.6 is 0 Å². The second kappa shape index (κ2) is 6.82. The summed E-state index contributed by atoms with van der Waals surface area (Å²) < 4.78 is 28.0. The Bertz CT molecular complexity index is 1260. The predicted octanol–water partition coefficient (Wildman–Crippen LogP) is 3.48. The first-order valence-electron chi connectivity index (χ1n) is 10.1. The number of carbonyl (C=O) groups excluding carboxylic acids is 1. The number of benzene rings is 3. The molecule has 2 heterocycles. The van der Waals surface area contributed by atoms with E-state index in [4.69, 9.17) is 0 Å². The fourth-order valence-corrected chi connectivity index (χ4v) is 5.84. The molecule has 3 aromatic rings. The molecule has 0 saturated carbocycles. The standard InChI is InChI=1S/C23H23N3O3S/c1-16-6-9-21-20(14-16)22(27)25-23(24-21)10-12-26(13-11-23)30(28,29)19-8-7-17-4-2-3-5-18(17)15-19/h2-9,14-15,24H,10-13H2,1H3,(H,25,27). The van der Waals surface area contributed by atoms with Crippen LogP contribution in [0.5, 0.6) is 0 Å². The van der Waals surface area contributed by atoms with E-state index in [9.17, 15) is 13.2 Å². The molecule has 2 aliphatic heterocycles. The second-order valence-corrected chi connectivity index (χ2v) is 10.1. The molecule has 7 heteroatoms. The van der Waals surface area contributed by atoms with Gasteiger partial charge in [0.1, 0.15) is 5.66 Å². The van der Waals surface area contributed by atoms with Crippen LogP contribution in [0.4, 0.5) is 5.69 Å². The molecule has 1 amide bonds. The third-order valence-electron chi connectivity index (χ3n) is 6.08. The Morgan fingerprint density at radius 3 is 2.40 bits per heavy atom. The number of carbonyl (C=O) groups is 1. The summed E-state index contributed by atoms with van der Waals surface area (Å²) >= 11 is 0. The van der Waals surface area contributed by atoms with E-state index in [0.29, 0.717) is 36.4 Å². The van der Waals surface area contributed by atoms with E-state index in [-0.39, 0.29) is 5.91 Å². The van der Waals surface area contributed by atoms with Crippen LogP contribution in [0.3, 0.4) is 0 Å². The number of hydrogen-bond acceptors (Lipinski definition) is 4. The monoisotopic (exact) mass is 421 g/mol. The van der Waals surface area contributed by atoms with Crippen molar-refractivity contribution in [2.75, 3.05) is 18.4 Å². The van der Waals surface area contributed by atoms with Crippen molar-refractivity contribution in [1.82, 2.24) is 9.62 Å². The Morgan fingerprint density at radius 2 is 1.63 bits per heavy atom. The van der Waals surface area contributed by atoms with Crippen molar-refractivity contribution in [3.63, 3.8) is 0 Å². The van der Waals surface area contributed by atoms with Gasteiger partial charge in [-0.25, -0.2) is 8.42 Å². The number of nitrogens with zero attached hydrogens (tertiary/aromatic N) is 1. The lowest BCUT2D eigenvalue weighted by atomic mass is 9.93. The summed E-state index contributed by atoms with van der Waals surface area (Å²) in [6, 6.07) is 18.7. The van der Waals surface area contributed by atoms with Crippen molar-refractivity contribution in [2.24, 2.45) is 0 Å². The molecule has 0 bridgehead atoms. The van der Waals surface area contributed by atoms with Gasteiger partial charge in [-0.2, -0.15) is 4.31 Å². The largest absolute Gasteiger partial charge is 0.362 e. The van der Waals surface area contributed by atoms with Crippen LogP contribution in [0.15, 0.2) is 65.6 Å². The Labute approximate surface area is 175 Å². The summed E-state index contributed by atoms with van der Waals surface area (Å²) in [5, 5.41) is 8.45. The average molecular weight is 422 g/mol. The summed E-state index contributed by atoms with van der Waals surface area (Å²) in [6.07, 6.45) is 0.998. The van der Waals surface area contributed by atoms with Crippen molar-refractivity contribution in [3.8, 4) is 0 Å². The summed E-state index contributed by atoms with van der Waals surface area (Å²) in [7, 11) is -3.60. The molecule has 6 nitrogen and oxygen atoms in total. The zero-order valence-electron chi connectivity index (χ0n) is 16.7. The van der Waals surface area contributed by atoms with E-state index in [1.165, 1.54) is 4.31 Å². The number of amides is 1. The third-order valence-corrected chi connectivity index (χ3v) is 7.98. The van der Waals surface area contributed by atoms with Gasteiger partial charge in [0.15, 0.2) is 0 Å². The lowest BCUT2D eigenvalue weighted by Gasteiger charge is -2.45. The topological polar surface area (TPSA) is 78.5 Å². The molecule has 2 N–H and O–H groups in total. The highest BCUT2D eigenvalue weighted by Crippen LogP contribution is 2.33. The Balaban J connectivity index is 1.37. The zero-order valence-corrected chi connectivity index (χ0v) is 17.5. The molecule has 30 heavy (non-hydrogen) atoms. The molecule has 1 spiro atoms. The fraction of sp³-hybridized carbons (Fsp3) is 0.261. The van der Waals surface area contributed by atoms with E-state index < -0.39 is 15.7 Å². The minimum absolute atomic E-state index is 0.113. The van der Waals surface area contributed by atoms with Gasteiger partial charge in [-0.3, -0.25) is 4.79 Å². The SMILES string of the molecule is Cc1ccc2c(c1)C(=O)NC1(CCN(S(=O)(=O)c3ccc4ccccc4c3)CC1)N2. The minimum Gasteiger partial charge on any atom is -0.362 e. The van der Waals surface area contributed by atoms with Gasteiger partial charge >= 0.3 is 0 Å². The van der Waals surface area contributed by atoms with Crippen molar-refractivity contribution in [2.45, 2.75) is 30.3 Å². The van der Waals surface area contributed by atoms with Gasteiger partial charge in [0.2, 0.25) is 10.0 Å². The van der Waals surface area contributed by atoms with Crippen LogP contribution in [-0.4, -0.2) is 37.4 Å². The van der Waals surface area contributed by atoms with Crippen molar-refractivity contribution in [3.05, 3.63) is 71.8 Å². The summed E-state index contributed by atoms with van der Waals surface area (Å²) in [5.41, 5.74) is 1.84. The molecule has 5 rings (SSSR count). The molecule has 0 radical (unpaired) electrons. The molecule has 0 unspecified atom stereocenters. The number of aryl methyl sites for hydroxylation is 1. The summed E-state index contributed by atoms with van der Waals surface area (Å²) in [4.78, 5) is 13.0. The highest BCUT2D eigenvalue weighted by molar-refractivity contribution is 7.89. The quantitative estimate of drug-likeness (QED) is 0.664. The van der Waals surface area contributed by atoms with Gasteiger partial charge in [0.05, 0.1) is 10.5 Å². The lowest BCUT2D eigenvalue weighted by molar-refractivity contribution is 0.0865. The molecule has 1 fully saturated rings. The normalized spacial score (nSPS) is 18.6. The van der Waals surface area contributed by atoms with Crippen LogP contribution in [-0.2, 0) is 10.0 Å². The first kappa shape index (κ1) is 19.1. The zero-order chi connectivity index (χ0) is 20.9. The van der Waals surface area contributed by atoms with Gasteiger partial charge < -0.3 is 10.6 Å². The molecule has 2 aliphatic rings. The van der Waals surface area contributed by atoms with Crippen molar-refractivity contribution in [1.29, 1.82) is 0 Å². The number of rotatable bonds is 2. The van der Waals surface area contributed by atoms with Gasteiger partial charge in [-0.1, -0.05) is 42.0 Å². The van der Waals surface area contributed by atoms with E-state index >= 15 is 0 Å². The maximum absolute atomic E-state index is 13.2. The molecule has 0 aliphatic carbocycles. The maximum Gasteiger partial charge on any atom is 0.255 e. The minimum atomic E-state index is -3.60. The van der Waals surface area contributed by atoms with Gasteiger partial charge in [-0.15, -0.1) is 0 Å².